The van der Waals surface area contributed by atoms with Gasteiger partial charge in [-0.15, -0.1) is 0 Å². The Balaban J connectivity index is 4.23. The summed E-state index contributed by atoms with van der Waals surface area (Å²) in [5, 5.41) is 8.47. The zero-order valence-electron chi connectivity index (χ0n) is 7.54. The van der Waals surface area contributed by atoms with Gasteiger partial charge < -0.3 is 15.6 Å². The standard InChI is InChI=1S/C7H12F3NO3/c1-4(7(8,9)10)14-5(2-3-11)6(12)13/h4-5H,2-3,11H2,1H3,(H,12,13). The van der Waals surface area contributed by atoms with E-state index in [1.807, 2.05) is 0 Å². The van der Waals surface area contributed by atoms with Crippen molar-refractivity contribution in [2.24, 2.45) is 5.73 Å². The molecule has 0 aliphatic carbocycles. The molecule has 0 aliphatic heterocycles. The van der Waals surface area contributed by atoms with E-state index in [9.17, 15) is 18.0 Å². The first-order chi connectivity index (χ1) is 6.29. The van der Waals surface area contributed by atoms with E-state index in [1.165, 1.54) is 0 Å². The van der Waals surface area contributed by atoms with Gasteiger partial charge in [0.25, 0.3) is 0 Å². The summed E-state index contributed by atoms with van der Waals surface area (Å²) in [6.07, 6.45) is -8.30. The van der Waals surface area contributed by atoms with Crippen LogP contribution in [0.25, 0.3) is 0 Å². The quantitative estimate of drug-likeness (QED) is 0.710. The Morgan fingerprint density at radius 1 is 1.57 bits per heavy atom. The highest BCUT2D eigenvalue weighted by molar-refractivity contribution is 5.72. The molecule has 0 bridgehead atoms. The third kappa shape index (κ3) is 4.43. The number of carboxylic acids is 1. The number of nitrogens with two attached hydrogens (primary N) is 1. The van der Waals surface area contributed by atoms with Gasteiger partial charge in [0.1, 0.15) is 0 Å². The Labute approximate surface area is 78.8 Å². The molecule has 0 aromatic rings. The number of ether oxygens (including phenoxy) is 1. The molecule has 4 nitrogen and oxygen atoms in total. The molecular weight excluding hydrogens is 203 g/mol. The van der Waals surface area contributed by atoms with Crippen molar-refractivity contribution < 1.29 is 27.8 Å². The maximum Gasteiger partial charge on any atom is 0.414 e. The molecule has 0 amide bonds. The first-order valence-corrected chi connectivity index (χ1v) is 3.94. The topological polar surface area (TPSA) is 72.5 Å². The maximum absolute atomic E-state index is 12.0. The second kappa shape index (κ2) is 5.16. The van der Waals surface area contributed by atoms with Crippen LogP contribution in [0.3, 0.4) is 0 Å². The Morgan fingerprint density at radius 2 is 2.07 bits per heavy atom. The van der Waals surface area contributed by atoms with Gasteiger partial charge in [-0.2, -0.15) is 13.2 Å². The predicted octanol–water partition coefficient (Wildman–Crippen LogP) is 0.756. The Kier molecular flexibility index (Phi) is 4.86. The third-order valence-corrected chi connectivity index (χ3v) is 1.53. The largest absolute Gasteiger partial charge is 0.479 e. The van der Waals surface area contributed by atoms with E-state index in [4.69, 9.17) is 10.8 Å². The summed E-state index contributed by atoms with van der Waals surface area (Å²) >= 11 is 0. The molecule has 7 heteroatoms. The van der Waals surface area contributed by atoms with Crippen LogP contribution in [0, 0.1) is 0 Å². The van der Waals surface area contributed by atoms with Crippen molar-refractivity contribution in [3.8, 4) is 0 Å². The molecule has 0 aliphatic rings. The van der Waals surface area contributed by atoms with Crippen LogP contribution in [0.15, 0.2) is 0 Å². The minimum absolute atomic E-state index is 0.0401. The highest BCUT2D eigenvalue weighted by Gasteiger charge is 2.39. The van der Waals surface area contributed by atoms with E-state index in [-0.39, 0.29) is 13.0 Å². The summed E-state index contributed by atoms with van der Waals surface area (Å²) in [6, 6.07) is 0. The number of halogens is 3. The van der Waals surface area contributed by atoms with Gasteiger partial charge in [-0.25, -0.2) is 4.79 Å². The van der Waals surface area contributed by atoms with Gasteiger partial charge >= 0.3 is 12.1 Å². The number of hydrogen-bond acceptors (Lipinski definition) is 3. The monoisotopic (exact) mass is 215 g/mol. The molecule has 0 saturated carbocycles. The van der Waals surface area contributed by atoms with Crippen molar-refractivity contribution >= 4 is 5.97 Å². The van der Waals surface area contributed by atoms with Crippen LogP contribution in [0.5, 0.6) is 0 Å². The molecule has 3 N–H and O–H groups in total. The summed E-state index contributed by atoms with van der Waals surface area (Å²) < 4.78 is 40.2. The van der Waals surface area contributed by atoms with Crippen molar-refractivity contribution in [3.63, 3.8) is 0 Å². The minimum Gasteiger partial charge on any atom is -0.479 e. The summed E-state index contributed by atoms with van der Waals surface area (Å²) in [5.41, 5.74) is 5.03. The van der Waals surface area contributed by atoms with E-state index in [0.29, 0.717) is 0 Å². The molecule has 84 valence electrons. The van der Waals surface area contributed by atoms with Crippen LogP contribution in [-0.4, -0.2) is 36.0 Å². The zero-order valence-corrected chi connectivity index (χ0v) is 7.54. The maximum atomic E-state index is 12.0. The van der Waals surface area contributed by atoms with Crippen molar-refractivity contribution in [2.75, 3.05) is 6.54 Å². The normalized spacial score (nSPS) is 16.4. The van der Waals surface area contributed by atoms with Crippen LogP contribution in [-0.2, 0) is 9.53 Å². The van der Waals surface area contributed by atoms with Crippen LogP contribution in [0.4, 0.5) is 13.2 Å². The Hall–Kier alpha value is -0.820. The average Bonchev–Trinajstić information content (AvgIpc) is 2.01. The van der Waals surface area contributed by atoms with Crippen LogP contribution < -0.4 is 5.73 Å². The third-order valence-electron chi connectivity index (χ3n) is 1.53. The van der Waals surface area contributed by atoms with Gasteiger partial charge in [0.15, 0.2) is 12.2 Å². The number of alkyl halides is 3. The van der Waals surface area contributed by atoms with E-state index in [0.717, 1.165) is 6.92 Å². The molecule has 0 heterocycles. The number of carboxylic acid groups (broad SMARTS) is 1. The zero-order chi connectivity index (χ0) is 11.4. The first-order valence-electron chi connectivity index (χ1n) is 3.94. The van der Waals surface area contributed by atoms with Gasteiger partial charge in [0.05, 0.1) is 0 Å². The smallest absolute Gasteiger partial charge is 0.414 e. The fourth-order valence-electron chi connectivity index (χ4n) is 0.725. The molecule has 0 aromatic heterocycles. The molecule has 0 radical (unpaired) electrons. The molecule has 0 spiro atoms. The molecule has 2 atom stereocenters. The molecule has 0 rings (SSSR count). The highest BCUT2D eigenvalue weighted by Crippen LogP contribution is 2.23. The van der Waals surface area contributed by atoms with E-state index >= 15 is 0 Å². The van der Waals surface area contributed by atoms with E-state index in [2.05, 4.69) is 4.74 Å². The minimum atomic E-state index is -4.55. The SMILES string of the molecule is CC(OC(CCN)C(=O)O)C(F)(F)F. The lowest BCUT2D eigenvalue weighted by Gasteiger charge is -2.20. The van der Waals surface area contributed by atoms with Gasteiger partial charge in [-0.3, -0.25) is 0 Å². The van der Waals surface area contributed by atoms with Gasteiger partial charge in [-0.05, 0) is 19.9 Å². The summed E-state index contributed by atoms with van der Waals surface area (Å²) in [4.78, 5) is 10.4. The summed E-state index contributed by atoms with van der Waals surface area (Å²) in [5.74, 6) is -1.44. The lowest BCUT2D eigenvalue weighted by molar-refractivity contribution is -0.229. The van der Waals surface area contributed by atoms with Crippen LogP contribution in [0.2, 0.25) is 0 Å². The van der Waals surface area contributed by atoms with Crippen LogP contribution >= 0.6 is 0 Å². The number of aliphatic carboxylic acids is 1. The summed E-state index contributed by atoms with van der Waals surface area (Å²) in [6.45, 7) is 0.716. The molecular formula is C7H12F3NO3. The predicted molar refractivity (Wildman–Crippen MR) is 41.7 cm³/mol. The lowest BCUT2D eigenvalue weighted by Crippen LogP contribution is -2.37. The molecule has 0 fully saturated rings. The Morgan fingerprint density at radius 3 is 2.36 bits per heavy atom. The van der Waals surface area contributed by atoms with Gasteiger partial charge in [-0.1, -0.05) is 0 Å². The van der Waals surface area contributed by atoms with Crippen molar-refractivity contribution in [1.82, 2.24) is 0 Å². The number of hydrogen-bond donors (Lipinski definition) is 2. The van der Waals surface area contributed by atoms with E-state index in [1.54, 1.807) is 0 Å². The Bertz CT molecular complexity index is 195. The fraction of sp³-hybridized carbons (Fsp3) is 0.857. The molecule has 14 heavy (non-hydrogen) atoms. The first kappa shape index (κ1) is 13.2. The second-order valence-corrected chi connectivity index (χ2v) is 2.72. The lowest BCUT2D eigenvalue weighted by atomic mass is 10.2. The van der Waals surface area contributed by atoms with Crippen LogP contribution in [0.1, 0.15) is 13.3 Å². The molecule has 0 saturated heterocycles. The summed E-state index contributed by atoms with van der Waals surface area (Å²) in [7, 11) is 0. The average molecular weight is 215 g/mol. The molecule has 2 unspecified atom stereocenters. The fourth-order valence-corrected chi connectivity index (χ4v) is 0.725. The van der Waals surface area contributed by atoms with E-state index < -0.39 is 24.4 Å². The second-order valence-electron chi connectivity index (χ2n) is 2.72. The van der Waals surface area contributed by atoms with Gasteiger partial charge in [0.2, 0.25) is 0 Å². The highest BCUT2D eigenvalue weighted by atomic mass is 19.4. The van der Waals surface area contributed by atoms with Crippen molar-refractivity contribution in [3.05, 3.63) is 0 Å². The number of carbonyl (C=O) groups is 1. The van der Waals surface area contributed by atoms with Gasteiger partial charge in [0, 0.05) is 0 Å². The van der Waals surface area contributed by atoms with Crippen molar-refractivity contribution in [1.29, 1.82) is 0 Å². The number of rotatable bonds is 5. The van der Waals surface area contributed by atoms with Crippen molar-refractivity contribution in [2.45, 2.75) is 31.7 Å². The molecule has 0 aromatic carbocycles.